The first-order chi connectivity index (χ1) is 4.97. The highest BCUT2D eigenvalue weighted by Gasteiger charge is 2.09. The largest absolute Gasteiger partial charge is 0.390 e. The fourth-order valence-electron chi connectivity index (χ4n) is 1.17. The van der Waals surface area contributed by atoms with Gasteiger partial charge in [-0.15, -0.1) is 0 Å². The second-order valence-corrected chi connectivity index (χ2v) is 2.42. The average molecular weight is 135 g/mol. The van der Waals surface area contributed by atoms with Crippen LogP contribution in [0.25, 0.3) is 0 Å². The summed E-state index contributed by atoms with van der Waals surface area (Å²) in [4.78, 5) is 4.90. The van der Waals surface area contributed by atoms with Crippen LogP contribution in [0, 0.1) is 0 Å². The van der Waals surface area contributed by atoms with Crippen LogP contribution in [-0.2, 0) is 4.84 Å². The lowest BCUT2D eigenvalue weighted by Crippen LogP contribution is -2.10. The van der Waals surface area contributed by atoms with Crippen molar-refractivity contribution in [2.24, 2.45) is 0 Å². The zero-order valence-electron chi connectivity index (χ0n) is 5.63. The van der Waals surface area contributed by atoms with Gasteiger partial charge in [-0.3, -0.25) is 0 Å². The van der Waals surface area contributed by atoms with E-state index in [1.165, 1.54) is 11.1 Å². The van der Waals surface area contributed by atoms with E-state index in [2.05, 4.69) is 17.6 Å². The van der Waals surface area contributed by atoms with Gasteiger partial charge in [-0.25, -0.2) is 5.48 Å². The molecule has 0 fully saturated rings. The molecule has 0 aromatic carbocycles. The zero-order valence-corrected chi connectivity index (χ0v) is 5.63. The fraction of sp³-hybridized carbons (Fsp3) is 0.250. The molecule has 2 rings (SSSR count). The van der Waals surface area contributed by atoms with E-state index < -0.39 is 0 Å². The monoisotopic (exact) mass is 135 g/mol. The Morgan fingerprint density at radius 2 is 2.50 bits per heavy atom. The quantitative estimate of drug-likeness (QED) is 0.545. The van der Waals surface area contributed by atoms with Crippen LogP contribution in [0.5, 0.6) is 0 Å². The van der Waals surface area contributed by atoms with E-state index in [9.17, 15) is 0 Å². The summed E-state index contributed by atoms with van der Waals surface area (Å²) in [5.74, 6) is 0. The standard InChI is InChI=1S/C8H9NO/c1-2-4-8-6-10-9-5-7(8)3-1/h2,4-6,9H,1,3H2. The van der Waals surface area contributed by atoms with E-state index in [-0.39, 0.29) is 0 Å². The summed E-state index contributed by atoms with van der Waals surface area (Å²) in [5.41, 5.74) is 5.25. The van der Waals surface area contributed by atoms with Crippen molar-refractivity contribution in [3.05, 3.63) is 35.8 Å². The molecular formula is C8H9NO. The van der Waals surface area contributed by atoms with Crippen LogP contribution >= 0.6 is 0 Å². The summed E-state index contributed by atoms with van der Waals surface area (Å²) in [6.07, 6.45) is 10.2. The third-order valence-electron chi connectivity index (χ3n) is 1.74. The number of hydroxylamine groups is 1. The number of hydrogen-bond donors (Lipinski definition) is 1. The molecule has 2 aliphatic rings. The molecule has 0 aromatic heterocycles. The minimum Gasteiger partial charge on any atom is -0.390 e. The van der Waals surface area contributed by atoms with Crippen molar-refractivity contribution in [1.29, 1.82) is 0 Å². The van der Waals surface area contributed by atoms with Crippen molar-refractivity contribution in [2.45, 2.75) is 12.8 Å². The lowest BCUT2D eigenvalue weighted by atomic mass is 9.97. The Bertz CT molecular complexity index is 225. The van der Waals surface area contributed by atoms with E-state index >= 15 is 0 Å². The number of nitrogens with one attached hydrogen (secondary N) is 1. The molecule has 0 aromatic rings. The Morgan fingerprint density at radius 1 is 1.50 bits per heavy atom. The van der Waals surface area contributed by atoms with Crippen molar-refractivity contribution in [3.63, 3.8) is 0 Å². The molecule has 0 radical (unpaired) electrons. The van der Waals surface area contributed by atoms with Gasteiger partial charge in [-0.2, -0.15) is 0 Å². The van der Waals surface area contributed by atoms with Crippen molar-refractivity contribution in [2.75, 3.05) is 0 Å². The molecule has 1 aliphatic carbocycles. The van der Waals surface area contributed by atoms with Crippen LogP contribution < -0.4 is 5.48 Å². The van der Waals surface area contributed by atoms with E-state index in [4.69, 9.17) is 4.84 Å². The van der Waals surface area contributed by atoms with Gasteiger partial charge in [0.25, 0.3) is 0 Å². The molecule has 1 aliphatic heterocycles. The summed E-state index contributed by atoms with van der Waals surface area (Å²) in [6.45, 7) is 0. The van der Waals surface area contributed by atoms with Gasteiger partial charge in [0.2, 0.25) is 0 Å². The fourth-order valence-corrected chi connectivity index (χ4v) is 1.17. The highest BCUT2D eigenvalue weighted by Crippen LogP contribution is 2.23. The molecule has 1 heterocycles. The van der Waals surface area contributed by atoms with Crippen LogP contribution in [0.2, 0.25) is 0 Å². The summed E-state index contributed by atoms with van der Waals surface area (Å²) in [6, 6.07) is 0. The Labute approximate surface area is 59.8 Å². The maximum absolute atomic E-state index is 4.90. The average Bonchev–Trinajstić information content (AvgIpc) is 2.05. The van der Waals surface area contributed by atoms with Gasteiger partial charge in [-0.05, 0) is 18.4 Å². The summed E-state index contributed by atoms with van der Waals surface area (Å²) >= 11 is 0. The maximum atomic E-state index is 4.90. The second kappa shape index (κ2) is 2.21. The Morgan fingerprint density at radius 3 is 3.40 bits per heavy atom. The molecule has 0 spiro atoms. The molecule has 10 heavy (non-hydrogen) atoms. The van der Waals surface area contributed by atoms with Crippen molar-refractivity contribution < 1.29 is 4.84 Å². The minimum atomic E-state index is 1.12. The number of fused-ring (bicyclic) bond motifs is 1. The highest BCUT2D eigenvalue weighted by molar-refractivity contribution is 5.41. The minimum absolute atomic E-state index is 1.12. The van der Waals surface area contributed by atoms with Crippen LogP contribution in [0.15, 0.2) is 35.8 Å². The zero-order chi connectivity index (χ0) is 6.81. The molecule has 52 valence electrons. The molecule has 0 bridgehead atoms. The van der Waals surface area contributed by atoms with E-state index in [0.717, 1.165) is 12.8 Å². The molecule has 0 amide bonds. The molecule has 0 unspecified atom stereocenters. The van der Waals surface area contributed by atoms with Crippen LogP contribution in [-0.4, -0.2) is 0 Å². The van der Waals surface area contributed by atoms with Crippen molar-refractivity contribution in [3.8, 4) is 0 Å². The third kappa shape index (κ3) is 0.817. The molecule has 0 atom stereocenters. The maximum Gasteiger partial charge on any atom is 0.126 e. The lowest BCUT2D eigenvalue weighted by Gasteiger charge is -2.16. The van der Waals surface area contributed by atoms with Gasteiger partial charge in [0, 0.05) is 11.8 Å². The molecular weight excluding hydrogens is 126 g/mol. The van der Waals surface area contributed by atoms with E-state index in [0.29, 0.717) is 0 Å². The van der Waals surface area contributed by atoms with Crippen LogP contribution in [0.4, 0.5) is 0 Å². The highest BCUT2D eigenvalue weighted by atomic mass is 16.6. The third-order valence-corrected chi connectivity index (χ3v) is 1.74. The second-order valence-electron chi connectivity index (χ2n) is 2.42. The van der Waals surface area contributed by atoms with Gasteiger partial charge in [0.15, 0.2) is 0 Å². The topological polar surface area (TPSA) is 21.3 Å². The predicted molar refractivity (Wildman–Crippen MR) is 38.8 cm³/mol. The van der Waals surface area contributed by atoms with Gasteiger partial charge < -0.3 is 4.84 Å². The van der Waals surface area contributed by atoms with Gasteiger partial charge in [0.1, 0.15) is 6.26 Å². The number of rotatable bonds is 0. The first-order valence-electron chi connectivity index (χ1n) is 3.44. The van der Waals surface area contributed by atoms with Gasteiger partial charge in [0.05, 0.1) is 0 Å². The normalized spacial score (nSPS) is 21.6. The Kier molecular flexibility index (Phi) is 1.24. The molecule has 0 saturated heterocycles. The van der Waals surface area contributed by atoms with E-state index in [1.807, 2.05) is 6.20 Å². The van der Waals surface area contributed by atoms with E-state index in [1.54, 1.807) is 6.26 Å². The van der Waals surface area contributed by atoms with Gasteiger partial charge >= 0.3 is 0 Å². The van der Waals surface area contributed by atoms with Crippen LogP contribution in [0.1, 0.15) is 12.8 Å². The summed E-state index contributed by atoms with van der Waals surface area (Å²) in [5, 5.41) is 0. The predicted octanol–water partition coefficient (Wildman–Crippen LogP) is 1.64. The first-order valence-corrected chi connectivity index (χ1v) is 3.44. The van der Waals surface area contributed by atoms with Crippen molar-refractivity contribution >= 4 is 0 Å². The molecule has 0 saturated carbocycles. The Hall–Kier alpha value is -1.18. The smallest absolute Gasteiger partial charge is 0.126 e. The SMILES string of the molecule is C1=CC2=CONC=C2CC1. The molecule has 1 N–H and O–H groups in total. The van der Waals surface area contributed by atoms with Gasteiger partial charge in [-0.1, -0.05) is 12.2 Å². The number of allylic oxidation sites excluding steroid dienone is 4. The summed E-state index contributed by atoms with van der Waals surface area (Å²) < 4.78 is 0. The molecule has 2 heteroatoms. The summed E-state index contributed by atoms with van der Waals surface area (Å²) in [7, 11) is 0. The number of hydrogen-bond acceptors (Lipinski definition) is 2. The van der Waals surface area contributed by atoms with Crippen LogP contribution in [0.3, 0.4) is 0 Å². The Balaban J connectivity index is 2.33. The van der Waals surface area contributed by atoms with Crippen molar-refractivity contribution in [1.82, 2.24) is 5.48 Å². The molecule has 2 nitrogen and oxygen atoms in total. The lowest BCUT2D eigenvalue weighted by molar-refractivity contribution is 0.168. The first kappa shape index (κ1) is 5.59.